The van der Waals surface area contributed by atoms with Crippen LogP contribution < -0.4 is 21.7 Å². The lowest BCUT2D eigenvalue weighted by atomic mass is 10.0. The predicted octanol–water partition coefficient (Wildman–Crippen LogP) is 1.59. The molecule has 210 valence electrons. The van der Waals surface area contributed by atoms with E-state index in [1.165, 1.54) is 0 Å². The molecule has 0 radical (unpaired) electrons. The van der Waals surface area contributed by atoms with Crippen molar-refractivity contribution in [1.82, 2.24) is 25.9 Å². The third-order valence-corrected chi connectivity index (χ3v) is 6.91. The summed E-state index contributed by atoms with van der Waals surface area (Å²) in [6.45, 7) is 3.14. The Morgan fingerprint density at radius 3 is 1.85 bits per heavy atom. The van der Waals surface area contributed by atoms with Gasteiger partial charge in [-0.1, -0.05) is 50.2 Å². The topological polar surface area (TPSA) is 182 Å². The van der Waals surface area contributed by atoms with E-state index in [9.17, 15) is 24.3 Å². The number of nitrogens with two attached hydrogens (primary N) is 1. The molecule has 2 aromatic carbocycles. The van der Waals surface area contributed by atoms with Gasteiger partial charge < -0.3 is 36.8 Å². The monoisotopic (exact) mass is 546 g/mol. The summed E-state index contributed by atoms with van der Waals surface area (Å²) in [4.78, 5) is 56.7. The lowest BCUT2D eigenvalue weighted by molar-refractivity contribution is -0.141. The summed E-state index contributed by atoms with van der Waals surface area (Å²) in [7, 11) is 0. The Kier molecular flexibility index (Phi) is 8.85. The number of aliphatic carboxylic acids is 1. The van der Waals surface area contributed by atoms with Crippen LogP contribution in [0.15, 0.2) is 60.9 Å². The van der Waals surface area contributed by atoms with E-state index >= 15 is 0 Å². The summed E-state index contributed by atoms with van der Waals surface area (Å²) in [6, 6.07) is 12.0. The quantitative estimate of drug-likeness (QED) is 0.142. The Hall–Kier alpha value is -4.64. The molecule has 11 nitrogen and oxygen atoms in total. The standard InChI is InChI=1S/C29H34N6O5/c1-16(2)26(30)28(38)35-23(11-17-13-31-21-9-5-3-7-19(17)21)27(37)33-15-25(36)34-24(29(39)40)12-18-14-32-22-10-6-4-8-20(18)22/h3-10,13-14,16,23-24,26,31-32H,11-12,15,30H2,1-2H3,(H,33,37)(H,34,36)(H,35,38)(H,39,40). The number of carbonyl (C=O) groups is 4. The van der Waals surface area contributed by atoms with E-state index in [-0.39, 0.29) is 18.8 Å². The van der Waals surface area contributed by atoms with Crippen LogP contribution in [0.4, 0.5) is 0 Å². The van der Waals surface area contributed by atoms with Gasteiger partial charge in [0.05, 0.1) is 12.6 Å². The van der Waals surface area contributed by atoms with Crippen LogP contribution in [0.5, 0.6) is 0 Å². The molecule has 3 unspecified atom stereocenters. The molecule has 8 N–H and O–H groups in total. The third kappa shape index (κ3) is 6.67. The largest absolute Gasteiger partial charge is 0.480 e. The van der Waals surface area contributed by atoms with E-state index in [4.69, 9.17) is 5.73 Å². The highest BCUT2D eigenvalue weighted by atomic mass is 16.4. The number of benzene rings is 2. The molecule has 0 aliphatic carbocycles. The fraction of sp³-hybridized carbons (Fsp3) is 0.310. The van der Waals surface area contributed by atoms with Crippen LogP contribution in [0.25, 0.3) is 21.8 Å². The average Bonchev–Trinajstić information content (AvgIpc) is 3.54. The molecule has 4 aromatic rings. The number of amides is 3. The van der Waals surface area contributed by atoms with E-state index in [0.29, 0.717) is 0 Å². The Balaban J connectivity index is 1.42. The van der Waals surface area contributed by atoms with Crippen molar-refractivity contribution in [1.29, 1.82) is 0 Å². The van der Waals surface area contributed by atoms with Crippen LogP contribution in [0.2, 0.25) is 0 Å². The van der Waals surface area contributed by atoms with Crippen molar-refractivity contribution in [2.45, 2.75) is 44.8 Å². The van der Waals surface area contributed by atoms with Crippen LogP contribution in [0.3, 0.4) is 0 Å². The molecule has 0 aliphatic rings. The fourth-order valence-corrected chi connectivity index (χ4v) is 4.56. The second-order valence-electron chi connectivity index (χ2n) is 10.1. The SMILES string of the molecule is CC(C)C(N)C(=O)NC(Cc1c[nH]c2ccccc12)C(=O)NCC(=O)NC(Cc1c[nH]c2ccccc12)C(=O)O. The first-order valence-electron chi connectivity index (χ1n) is 13.1. The zero-order valence-corrected chi connectivity index (χ0v) is 22.4. The van der Waals surface area contributed by atoms with Crippen molar-refractivity contribution in [2.75, 3.05) is 6.54 Å². The normalized spacial score (nSPS) is 13.6. The Labute approximate surface area is 230 Å². The van der Waals surface area contributed by atoms with Gasteiger partial charge in [-0.3, -0.25) is 14.4 Å². The summed E-state index contributed by atoms with van der Waals surface area (Å²) in [6.07, 6.45) is 3.71. The molecule has 0 fully saturated rings. The molecule has 0 aliphatic heterocycles. The van der Waals surface area contributed by atoms with E-state index in [0.717, 1.165) is 32.9 Å². The van der Waals surface area contributed by atoms with Crippen LogP contribution in [0, 0.1) is 5.92 Å². The van der Waals surface area contributed by atoms with Gasteiger partial charge in [-0.25, -0.2) is 4.79 Å². The summed E-state index contributed by atoms with van der Waals surface area (Å²) < 4.78 is 0. The minimum Gasteiger partial charge on any atom is -0.480 e. The van der Waals surface area contributed by atoms with Crippen molar-refractivity contribution in [2.24, 2.45) is 11.7 Å². The lowest BCUT2D eigenvalue weighted by Crippen LogP contribution is -2.55. The van der Waals surface area contributed by atoms with Crippen LogP contribution in [-0.2, 0) is 32.0 Å². The number of carboxylic acids is 1. The van der Waals surface area contributed by atoms with Crippen molar-refractivity contribution in [3.63, 3.8) is 0 Å². The van der Waals surface area contributed by atoms with Gasteiger partial charge in [-0.05, 0) is 29.2 Å². The van der Waals surface area contributed by atoms with Crippen molar-refractivity contribution < 1.29 is 24.3 Å². The van der Waals surface area contributed by atoms with E-state index in [1.807, 2.05) is 48.5 Å². The molecule has 0 spiro atoms. The maximum Gasteiger partial charge on any atom is 0.326 e. The number of hydrogen-bond donors (Lipinski definition) is 7. The van der Waals surface area contributed by atoms with Crippen molar-refractivity contribution in [3.8, 4) is 0 Å². The molecule has 3 amide bonds. The first kappa shape index (κ1) is 28.4. The van der Waals surface area contributed by atoms with Crippen LogP contribution >= 0.6 is 0 Å². The second-order valence-corrected chi connectivity index (χ2v) is 10.1. The maximum atomic E-state index is 13.2. The highest BCUT2D eigenvalue weighted by Gasteiger charge is 2.27. The number of hydrogen-bond acceptors (Lipinski definition) is 5. The number of para-hydroxylation sites is 2. The highest BCUT2D eigenvalue weighted by Crippen LogP contribution is 2.20. The highest BCUT2D eigenvalue weighted by molar-refractivity contribution is 5.94. The molecule has 2 aromatic heterocycles. The number of carbonyl (C=O) groups excluding carboxylic acids is 3. The Bertz CT molecular complexity index is 1520. The summed E-state index contributed by atoms with van der Waals surface area (Å²) in [5.74, 6) is -3.08. The zero-order valence-electron chi connectivity index (χ0n) is 22.4. The first-order valence-corrected chi connectivity index (χ1v) is 13.1. The second kappa shape index (κ2) is 12.5. The lowest BCUT2D eigenvalue weighted by Gasteiger charge is -2.22. The van der Waals surface area contributed by atoms with E-state index in [1.54, 1.807) is 26.2 Å². The summed E-state index contributed by atoms with van der Waals surface area (Å²) in [5, 5.41) is 19.2. The van der Waals surface area contributed by atoms with Gasteiger partial charge >= 0.3 is 5.97 Å². The Morgan fingerprint density at radius 2 is 1.32 bits per heavy atom. The van der Waals surface area contributed by atoms with Gasteiger partial charge in [-0.15, -0.1) is 0 Å². The molecule has 0 saturated carbocycles. The minimum absolute atomic E-state index is 0.0609. The van der Waals surface area contributed by atoms with Gasteiger partial charge in [-0.2, -0.15) is 0 Å². The Morgan fingerprint density at radius 1 is 0.800 bits per heavy atom. The fourth-order valence-electron chi connectivity index (χ4n) is 4.56. The van der Waals surface area contributed by atoms with Crippen LogP contribution in [0.1, 0.15) is 25.0 Å². The number of fused-ring (bicyclic) bond motifs is 2. The van der Waals surface area contributed by atoms with Crippen molar-refractivity contribution in [3.05, 3.63) is 72.1 Å². The predicted molar refractivity (Wildman–Crippen MR) is 151 cm³/mol. The number of aromatic amines is 2. The summed E-state index contributed by atoms with van der Waals surface area (Å²) in [5.41, 5.74) is 9.30. The third-order valence-electron chi connectivity index (χ3n) is 6.91. The number of rotatable bonds is 12. The number of carboxylic acid groups (broad SMARTS) is 1. The minimum atomic E-state index is -1.20. The van der Waals surface area contributed by atoms with Gasteiger partial charge in [0.1, 0.15) is 12.1 Å². The molecular weight excluding hydrogens is 512 g/mol. The number of H-pyrrole nitrogens is 2. The van der Waals surface area contributed by atoms with Crippen LogP contribution in [-0.4, -0.2) is 63.4 Å². The van der Waals surface area contributed by atoms with Crippen molar-refractivity contribution >= 4 is 45.5 Å². The molecular formula is C29H34N6O5. The van der Waals surface area contributed by atoms with Gasteiger partial charge in [0.25, 0.3) is 0 Å². The van der Waals surface area contributed by atoms with E-state index in [2.05, 4.69) is 25.9 Å². The number of nitrogens with one attached hydrogen (secondary N) is 5. The molecule has 2 heterocycles. The van der Waals surface area contributed by atoms with E-state index < -0.39 is 48.4 Å². The molecule has 4 rings (SSSR count). The summed E-state index contributed by atoms with van der Waals surface area (Å²) >= 11 is 0. The smallest absolute Gasteiger partial charge is 0.326 e. The van der Waals surface area contributed by atoms with Gasteiger partial charge in [0.15, 0.2) is 0 Å². The molecule has 11 heteroatoms. The zero-order chi connectivity index (χ0) is 28.8. The maximum absolute atomic E-state index is 13.2. The molecule has 3 atom stereocenters. The molecule has 0 bridgehead atoms. The number of aromatic nitrogens is 2. The average molecular weight is 547 g/mol. The molecule has 40 heavy (non-hydrogen) atoms. The first-order chi connectivity index (χ1) is 19.1. The van der Waals surface area contributed by atoms with Gasteiger partial charge in [0, 0.05) is 47.0 Å². The van der Waals surface area contributed by atoms with Gasteiger partial charge in [0.2, 0.25) is 17.7 Å². The molecule has 0 saturated heterocycles.